The van der Waals surface area contributed by atoms with Crippen molar-refractivity contribution in [2.24, 2.45) is 0 Å². The van der Waals surface area contributed by atoms with Gasteiger partial charge in [-0.3, -0.25) is 0 Å². The lowest BCUT2D eigenvalue weighted by Crippen LogP contribution is -2.09. The summed E-state index contributed by atoms with van der Waals surface area (Å²) in [5.74, 6) is 0.213. The first-order valence-corrected chi connectivity index (χ1v) is 11.8. The maximum absolute atomic E-state index is 11.4. The second-order valence-corrected chi connectivity index (χ2v) is 8.61. The molecule has 0 saturated carbocycles. The molecule has 0 bridgehead atoms. The van der Waals surface area contributed by atoms with Crippen LogP contribution in [0.1, 0.15) is 24.5 Å². The topological polar surface area (TPSA) is 66.9 Å². The molecule has 0 amide bonds. The number of allylic oxidation sites excluding steroid dienone is 1. The molecule has 0 radical (unpaired) electrons. The van der Waals surface area contributed by atoms with Crippen molar-refractivity contribution in [2.45, 2.75) is 13.3 Å². The van der Waals surface area contributed by atoms with E-state index in [9.17, 15) is 10.1 Å². The highest BCUT2D eigenvalue weighted by Gasteiger charge is 2.13. The average Bonchev–Trinajstić information content (AvgIpc) is 2.92. The second kappa shape index (κ2) is 12.8. The van der Waals surface area contributed by atoms with E-state index >= 15 is 0 Å². The summed E-state index contributed by atoms with van der Waals surface area (Å²) < 4.78 is 10.7. The number of nitrogens with zero attached hydrogens (tertiary/aromatic N) is 3. The standard InChI is InChI=1S/C31H29N3O3/c1-22(2)31(35)37-20-6-19-36-28-17-13-25(14-18-28)29(21-32)30(33-3)26-9-7-23(8-10-26)24-11-15-27(16-12-24)34(4)5/h7-18H,1,6,19-20H2,2,4-5H3/b30-29-. The maximum Gasteiger partial charge on any atom is 0.333 e. The van der Waals surface area contributed by atoms with Crippen LogP contribution in [0.4, 0.5) is 5.69 Å². The van der Waals surface area contributed by atoms with E-state index in [0.717, 1.165) is 16.8 Å². The van der Waals surface area contributed by atoms with Gasteiger partial charge < -0.3 is 14.4 Å². The van der Waals surface area contributed by atoms with Crippen LogP contribution in [0.5, 0.6) is 5.75 Å². The van der Waals surface area contributed by atoms with Crippen LogP contribution in [0.25, 0.3) is 27.2 Å². The summed E-state index contributed by atoms with van der Waals surface area (Å²) in [4.78, 5) is 17.1. The molecule has 186 valence electrons. The van der Waals surface area contributed by atoms with Crippen LogP contribution in [0.3, 0.4) is 0 Å². The van der Waals surface area contributed by atoms with E-state index in [2.05, 4.69) is 41.8 Å². The molecule has 37 heavy (non-hydrogen) atoms. The third-order valence-corrected chi connectivity index (χ3v) is 5.62. The fraction of sp³-hybridized carbons (Fsp3) is 0.194. The van der Waals surface area contributed by atoms with Crippen molar-refractivity contribution in [3.05, 3.63) is 107 Å². The number of hydrogen-bond donors (Lipinski definition) is 0. The van der Waals surface area contributed by atoms with Crippen molar-refractivity contribution >= 4 is 22.9 Å². The van der Waals surface area contributed by atoms with Crippen LogP contribution >= 0.6 is 0 Å². The van der Waals surface area contributed by atoms with Crippen molar-refractivity contribution in [3.8, 4) is 22.9 Å². The summed E-state index contributed by atoms with van der Waals surface area (Å²) in [6.07, 6.45) is 0.543. The van der Waals surface area contributed by atoms with Gasteiger partial charge in [0.1, 0.15) is 5.75 Å². The van der Waals surface area contributed by atoms with Crippen LogP contribution in [-0.4, -0.2) is 33.3 Å². The maximum atomic E-state index is 11.4. The van der Waals surface area contributed by atoms with Gasteiger partial charge in [-0.05, 0) is 53.4 Å². The zero-order chi connectivity index (χ0) is 26.8. The number of hydrogen-bond acceptors (Lipinski definition) is 5. The van der Waals surface area contributed by atoms with E-state index in [0.29, 0.717) is 46.7 Å². The lowest BCUT2D eigenvalue weighted by atomic mass is 9.98. The Morgan fingerprint density at radius 1 is 0.946 bits per heavy atom. The van der Waals surface area contributed by atoms with Crippen LogP contribution in [0.2, 0.25) is 0 Å². The van der Waals surface area contributed by atoms with Gasteiger partial charge >= 0.3 is 5.97 Å². The molecule has 3 rings (SSSR count). The highest BCUT2D eigenvalue weighted by Crippen LogP contribution is 2.30. The first-order chi connectivity index (χ1) is 17.8. The number of benzene rings is 3. The molecule has 0 aromatic heterocycles. The number of carbonyl (C=O) groups excluding carboxylic acids is 1. The van der Waals surface area contributed by atoms with Crippen molar-refractivity contribution < 1.29 is 14.3 Å². The van der Waals surface area contributed by atoms with Crippen molar-refractivity contribution in [2.75, 3.05) is 32.2 Å². The molecule has 0 spiro atoms. The van der Waals surface area contributed by atoms with Crippen LogP contribution in [0, 0.1) is 17.9 Å². The molecule has 0 saturated heterocycles. The van der Waals surface area contributed by atoms with Crippen LogP contribution < -0.4 is 9.64 Å². The molecule has 0 aliphatic rings. The van der Waals surface area contributed by atoms with Crippen molar-refractivity contribution in [3.63, 3.8) is 0 Å². The highest BCUT2D eigenvalue weighted by atomic mass is 16.5. The average molecular weight is 492 g/mol. The largest absolute Gasteiger partial charge is 0.493 e. The van der Waals surface area contributed by atoms with Gasteiger partial charge in [0.25, 0.3) is 0 Å². The number of ether oxygens (including phenoxy) is 2. The van der Waals surface area contributed by atoms with E-state index in [1.165, 1.54) is 0 Å². The van der Waals surface area contributed by atoms with E-state index in [-0.39, 0.29) is 6.61 Å². The minimum atomic E-state index is -0.413. The molecular weight excluding hydrogens is 462 g/mol. The molecule has 6 nitrogen and oxygen atoms in total. The molecule has 0 heterocycles. The Balaban J connectivity index is 1.71. The zero-order valence-electron chi connectivity index (χ0n) is 21.3. The van der Waals surface area contributed by atoms with Gasteiger partial charge in [-0.2, -0.15) is 5.26 Å². The molecule has 0 fully saturated rings. The minimum Gasteiger partial charge on any atom is -0.493 e. The Bertz CT molecular complexity index is 1360. The van der Waals surface area contributed by atoms with Crippen molar-refractivity contribution in [1.82, 2.24) is 0 Å². The quantitative estimate of drug-likeness (QED) is 0.0796. The summed E-state index contributed by atoms with van der Waals surface area (Å²) in [7, 11) is 4.00. The van der Waals surface area contributed by atoms with E-state index < -0.39 is 5.97 Å². The van der Waals surface area contributed by atoms with Gasteiger partial charge in [0.15, 0.2) is 0 Å². The minimum absolute atomic E-state index is 0.250. The van der Waals surface area contributed by atoms with Gasteiger partial charge in [0.2, 0.25) is 5.70 Å². The summed E-state index contributed by atoms with van der Waals surface area (Å²) in [5, 5.41) is 9.87. The lowest BCUT2D eigenvalue weighted by molar-refractivity contribution is -0.139. The Kier molecular flexibility index (Phi) is 9.24. The number of nitriles is 1. The SMILES string of the molecule is [C-]#[N+]/C(=C(/C#N)c1ccc(OCCCOC(=O)C(=C)C)cc1)c1ccc(-c2ccc(N(C)C)cc2)cc1. The summed E-state index contributed by atoms with van der Waals surface area (Å²) in [6, 6.07) is 25.2. The fourth-order valence-corrected chi connectivity index (χ4v) is 3.55. The first kappa shape index (κ1) is 26.8. The normalized spacial score (nSPS) is 10.9. The molecule has 0 aliphatic carbocycles. The number of carbonyl (C=O) groups is 1. The number of rotatable bonds is 10. The Hall–Kier alpha value is -4.81. The molecule has 3 aromatic rings. The first-order valence-electron chi connectivity index (χ1n) is 11.8. The van der Waals surface area contributed by atoms with E-state index in [4.69, 9.17) is 16.0 Å². The lowest BCUT2D eigenvalue weighted by Gasteiger charge is -2.13. The van der Waals surface area contributed by atoms with Gasteiger partial charge in [-0.15, -0.1) is 0 Å². The van der Waals surface area contributed by atoms with E-state index in [1.807, 2.05) is 43.3 Å². The highest BCUT2D eigenvalue weighted by molar-refractivity contribution is 6.00. The summed E-state index contributed by atoms with van der Waals surface area (Å²) >= 11 is 0. The van der Waals surface area contributed by atoms with Gasteiger partial charge in [-0.1, -0.05) is 55.1 Å². The third-order valence-electron chi connectivity index (χ3n) is 5.62. The Morgan fingerprint density at radius 2 is 1.51 bits per heavy atom. The number of anilines is 1. The predicted octanol–water partition coefficient (Wildman–Crippen LogP) is 6.62. The van der Waals surface area contributed by atoms with Crippen LogP contribution in [-0.2, 0) is 9.53 Å². The predicted molar refractivity (Wildman–Crippen MR) is 148 cm³/mol. The monoisotopic (exact) mass is 491 g/mol. The molecule has 0 N–H and O–H groups in total. The molecule has 3 aromatic carbocycles. The van der Waals surface area contributed by atoms with Gasteiger partial charge in [-0.25, -0.2) is 9.64 Å². The molecule has 0 unspecified atom stereocenters. The fourth-order valence-electron chi connectivity index (χ4n) is 3.55. The molecular formula is C31H29N3O3. The summed E-state index contributed by atoms with van der Waals surface area (Å²) in [6.45, 7) is 13.5. The third kappa shape index (κ3) is 7.10. The Morgan fingerprint density at radius 3 is 2.03 bits per heavy atom. The van der Waals surface area contributed by atoms with Gasteiger partial charge in [0.05, 0.1) is 31.4 Å². The smallest absolute Gasteiger partial charge is 0.333 e. The molecule has 0 aliphatic heterocycles. The Labute approximate surface area is 218 Å². The van der Waals surface area contributed by atoms with Crippen molar-refractivity contribution in [1.29, 1.82) is 5.26 Å². The van der Waals surface area contributed by atoms with Crippen LogP contribution in [0.15, 0.2) is 84.9 Å². The summed E-state index contributed by atoms with van der Waals surface area (Å²) in [5.41, 5.74) is 5.52. The van der Waals surface area contributed by atoms with E-state index in [1.54, 1.807) is 31.2 Å². The zero-order valence-corrected chi connectivity index (χ0v) is 21.3. The molecule has 6 heteroatoms. The number of esters is 1. The molecule has 0 atom stereocenters. The second-order valence-electron chi connectivity index (χ2n) is 8.61. The van der Waals surface area contributed by atoms with Gasteiger partial charge in [0, 0.05) is 31.8 Å².